The lowest BCUT2D eigenvalue weighted by Gasteiger charge is -2.24. The van der Waals surface area contributed by atoms with E-state index in [1.807, 2.05) is 13.8 Å². The third kappa shape index (κ3) is 9.24. The van der Waals surface area contributed by atoms with Crippen LogP contribution in [0.5, 0.6) is 17.2 Å². The Balaban J connectivity index is 1.35. The molecule has 0 radical (unpaired) electrons. The van der Waals surface area contributed by atoms with Crippen molar-refractivity contribution in [2.45, 2.75) is 39.2 Å². The van der Waals surface area contributed by atoms with Gasteiger partial charge in [-0.1, -0.05) is 12.1 Å². The normalized spacial score (nSPS) is 14.3. The van der Waals surface area contributed by atoms with Gasteiger partial charge in [0, 0.05) is 44.5 Å². The molecule has 0 aromatic heterocycles. The number of ketones is 1. The average Bonchev–Trinajstić information content (AvgIpc) is 3.34. The van der Waals surface area contributed by atoms with E-state index in [0.717, 1.165) is 17.5 Å². The Kier molecular flexibility index (Phi) is 12.9. The molecule has 1 aliphatic rings. The van der Waals surface area contributed by atoms with E-state index in [1.54, 1.807) is 12.1 Å². The average molecular weight is 683 g/mol. The molecule has 1 atom stereocenters. The minimum atomic E-state index is -0.993. The Morgan fingerprint density at radius 1 is 0.816 bits per heavy atom. The number of carbonyl (C=O) groups is 4. The molecule has 1 unspecified atom stereocenters. The van der Waals surface area contributed by atoms with Gasteiger partial charge in [0.15, 0.2) is 30.9 Å². The molecule has 3 aromatic rings. The molecule has 49 heavy (non-hydrogen) atoms. The number of aryl methyl sites for hydroxylation is 2. The predicted molar refractivity (Wildman–Crippen MR) is 172 cm³/mol. The van der Waals surface area contributed by atoms with Gasteiger partial charge in [0.1, 0.15) is 17.1 Å². The van der Waals surface area contributed by atoms with Gasteiger partial charge in [0.25, 0.3) is 5.91 Å². The summed E-state index contributed by atoms with van der Waals surface area (Å²) in [5.74, 6) is -2.50. The zero-order valence-corrected chi connectivity index (χ0v) is 28.0. The highest BCUT2D eigenvalue weighted by molar-refractivity contribution is 6.11. The summed E-state index contributed by atoms with van der Waals surface area (Å²) in [5, 5.41) is 2.98. The second-order valence-electron chi connectivity index (χ2n) is 11.2. The van der Waals surface area contributed by atoms with Crippen LogP contribution in [-0.2, 0) is 19.2 Å². The number of carbonyl (C=O) groups excluding carboxylic acids is 4. The van der Waals surface area contributed by atoms with E-state index in [2.05, 4.69) is 5.32 Å². The Morgan fingerprint density at radius 3 is 2.10 bits per heavy atom. The summed E-state index contributed by atoms with van der Waals surface area (Å²) in [6.07, 6.45) is 1.14. The molecule has 1 aliphatic heterocycles. The van der Waals surface area contributed by atoms with Crippen LogP contribution >= 0.6 is 0 Å². The molecule has 3 aromatic carbocycles. The Hall–Kier alpha value is -5.21. The molecule has 14 heteroatoms. The molecular formula is C35H39FN2O11. The zero-order chi connectivity index (χ0) is 35.5. The van der Waals surface area contributed by atoms with Crippen molar-refractivity contribution in [1.29, 1.82) is 0 Å². The fraction of sp³-hybridized carbons (Fsp3) is 0.371. The summed E-state index contributed by atoms with van der Waals surface area (Å²) in [7, 11) is 4.17. The van der Waals surface area contributed by atoms with Gasteiger partial charge in [0.2, 0.25) is 0 Å². The highest BCUT2D eigenvalue weighted by Gasteiger charge is 2.27. The number of nitrogens with zero attached hydrogens (tertiary/aromatic N) is 1. The molecule has 1 fully saturated rings. The maximum atomic E-state index is 15.1. The molecule has 0 saturated carbocycles. The van der Waals surface area contributed by atoms with Crippen LogP contribution in [-0.4, -0.2) is 82.7 Å². The number of nitrogens with one attached hydrogen (secondary N) is 1. The number of ether oxygens (including phenoxy) is 5. The molecule has 0 aliphatic carbocycles. The van der Waals surface area contributed by atoms with Crippen molar-refractivity contribution in [3.8, 4) is 17.2 Å². The summed E-state index contributed by atoms with van der Waals surface area (Å²) in [4.78, 5) is 62.9. The molecule has 13 nitrogen and oxygen atoms in total. The monoisotopic (exact) mass is 682 g/mol. The Bertz CT molecular complexity index is 1640. The van der Waals surface area contributed by atoms with E-state index in [-0.39, 0.29) is 60.3 Å². The Morgan fingerprint density at radius 2 is 1.45 bits per heavy atom. The van der Waals surface area contributed by atoms with Gasteiger partial charge in [0.05, 0.1) is 12.7 Å². The number of benzene rings is 3. The predicted octanol–water partition coefficient (Wildman–Crippen LogP) is 5.14. The highest BCUT2D eigenvalue weighted by atomic mass is 19.1. The number of likely N-dealkylation sites (tertiary alicyclic amines) is 1. The van der Waals surface area contributed by atoms with Gasteiger partial charge in [-0.3, -0.25) is 9.59 Å². The smallest absolute Gasteiger partial charge is 0.453 e. The van der Waals surface area contributed by atoms with Crippen LogP contribution < -0.4 is 19.5 Å². The number of hydrogen-bond donors (Lipinski definition) is 1. The number of rotatable bonds is 12. The molecular weight excluding hydrogens is 643 g/mol. The van der Waals surface area contributed by atoms with E-state index >= 15 is 4.39 Å². The molecule has 1 saturated heterocycles. The quantitative estimate of drug-likeness (QED) is 0.117. The summed E-state index contributed by atoms with van der Waals surface area (Å²) in [5.41, 5.74) is 1.65. The van der Waals surface area contributed by atoms with Gasteiger partial charge in [-0.05, 0) is 80.6 Å². The van der Waals surface area contributed by atoms with Crippen LogP contribution in [0.2, 0.25) is 0 Å². The Labute approximate surface area is 283 Å². The molecule has 4 rings (SSSR count). The van der Waals surface area contributed by atoms with Crippen molar-refractivity contribution in [3.63, 3.8) is 0 Å². The van der Waals surface area contributed by atoms with Gasteiger partial charge >= 0.3 is 12.1 Å². The summed E-state index contributed by atoms with van der Waals surface area (Å²) in [6.45, 7) is 4.02. The summed E-state index contributed by atoms with van der Waals surface area (Å²) < 4.78 is 40.9. The van der Waals surface area contributed by atoms with Crippen LogP contribution in [0.15, 0.2) is 48.5 Å². The fourth-order valence-corrected chi connectivity index (χ4v) is 5.35. The summed E-state index contributed by atoms with van der Waals surface area (Å²) in [6, 6.07) is 10.9. The van der Waals surface area contributed by atoms with E-state index < -0.39 is 23.7 Å². The molecule has 1 N–H and O–H groups in total. The van der Waals surface area contributed by atoms with Crippen molar-refractivity contribution in [1.82, 2.24) is 10.2 Å². The highest BCUT2D eigenvalue weighted by Crippen LogP contribution is 2.31. The molecule has 0 bridgehead atoms. The lowest BCUT2D eigenvalue weighted by molar-refractivity contribution is -0.192. The molecule has 1 heterocycles. The number of methoxy groups -OCH3 is 3. The minimum absolute atomic E-state index is 0.0310. The molecule has 2 amide bonds. The lowest BCUT2D eigenvalue weighted by atomic mass is 10.00. The number of hydrogen-bond acceptors (Lipinski definition) is 11. The molecule has 262 valence electrons. The van der Waals surface area contributed by atoms with E-state index in [0.29, 0.717) is 30.7 Å². The third-order valence-electron chi connectivity index (χ3n) is 7.73. The van der Waals surface area contributed by atoms with Crippen molar-refractivity contribution in [2.75, 3.05) is 48.0 Å². The van der Waals surface area contributed by atoms with Gasteiger partial charge in [-0.2, -0.15) is 0 Å². The van der Waals surface area contributed by atoms with Crippen LogP contribution in [0.4, 0.5) is 9.18 Å². The third-order valence-corrected chi connectivity index (χ3v) is 7.73. The first-order valence-electron chi connectivity index (χ1n) is 15.4. The van der Waals surface area contributed by atoms with Crippen LogP contribution in [0.3, 0.4) is 0 Å². The topological polar surface area (TPSA) is 148 Å². The lowest BCUT2D eigenvalue weighted by Crippen LogP contribution is -2.45. The maximum absolute atomic E-state index is 15.1. The van der Waals surface area contributed by atoms with Crippen molar-refractivity contribution in [3.05, 3.63) is 87.7 Å². The van der Waals surface area contributed by atoms with Crippen molar-refractivity contribution in [2.24, 2.45) is 0 Å². The summed E-state index contributed by atoms with van der Waals surface area (Å²) >= 11 is 0. The fourth-order valence-electron chi connectivity index (χ4n) is 5.35. The van der Waals surface area contributed by atoms with Crippen LogP contribution in [0.1, 0.15) is 67.0 Å². The molecule has 0 spiro atoms. The number of halogens is 1. The van der Waals surface area contributed by atoms with Crippen molar-refractivity contribution >= 4 is 23.8 Å². The standard InChI is InChI=1S/C35H39FN2O11/c1-21-16-25(17-22(2)32(21)47-20-44-4)33(40)37-26-8-6-7-15-38(18-26)35(42)49-48-34(41)24-11-9-23(10-12-24)31(39)29-27(46-19-43-3)13-14-28(45-5)30(29)36/h9-14,16-17,26H,6-8,15,18-20H2,1-5H3,(H,37,40). The van der Waals surface area contributed by atoms with Gasteiger partial charge in [-0.25, -0.2) is 23.8 Å². The zero-order valence-electron chi connectivity index (χ0n) is 28.0. The van der Waals surface area contributed by atoms with E-state index in [1.165, 1.54) is 62.6 Å². The van der Waals surface area contributed by atoms with Gasteiger partial charge < -0.3 is 33.9 Å². The second kappa shape index (κ2) is 17.3. The first-order valence-corrected chi connectivity index (χ1v) is 15.4. The van der Waals surface area contributed by atoms with E-state index in [9.17, 15) is 19.2 Å². The first-order chi connectivity index (χ1) is 23.6. The minimum Gasteiger partial charge on any atom is -0.494 e. The second-order valence-corrected chi connectivity index (χ2v) is 11.2. The van der Waals surface area contributed by atoms with Crippen LogP contribution in [0.25, 0.3) is 0 Å². The SMILES string of the molecule is COCOc1ccc(OC)c(F)c1C(=O)c1ccc(C(=O)OOC(=O)N2CCCCC(NC(=O)c3cc(C)c(OCOC)c(C)c3)C2)cc1. The number of amides is 2. The largest absolute Gasteiger partial charge is 0.494 e. The van der Waals surface area contributed by atoms with Gasteiger partial charge in [-0.15, -0.1) is 0 Å². The van der Waals surface area contributed by atoms with Crippen molar-refractivity contribution < 1.29 is 57.0 Å². The maximum Gasteiger partial charge on any atom is 0.453 e. The van der Waals surface area contributed by atoms with E-state index in [4.69, 9.17) is 33.5 Å². The first kappa shape index (κ1) is 36.6. The van der Waals surface area contributed by atoms with Crippen LogP contribution in [0, 0.1) is 19.7 Å².